The van der Waals surface area contributed by atoms with Crippen LogP contribution < -0.4 is 4.90 Å². The van der Waals surface area contributed by atoms with Crippen molar-refractivity contribution in [3.05, 3.63) is 78.9 Å². The second kappa shape index (κ2) is 8.76. The minimum absolute atomic E-state index is 0.0227. The summed E-state index contributed by atoms with van der Waals surface area (Å²) in [5, 5.41) is 0. The van der Waals surface area contributed by atoms with Gasteiger partial charge >= 0.3 is 0 Å². The first kappa shape index (κ1) is 20.8. The van der Waals surface area contributed by atoms with Gasteiger partial charge in [0.2, 0.25) is 17.7 Å². The molecule has 160 valence electrons. The summed E-state index contributed by atoms with van der Waals surface area (Å²) in [6, 6.07) is 19.3. The minimum atomic E-state index is -0.728. The van der Waals surface area contributed by atoms with Gasteiger partial charge in [-0.25, -0.2) is 0 Å². The Morgan fingerprint density at radius 3 is 2.03 bits per heavy atom. The molecule has 2 aliphatic heterocycles. The number of hydrogen-bond acceptors (Lipinski definition) is 3. The summed E-state index contributed by atoms with van der Waals surface area (Å²) < 4.78 is 0. The predicted octanol–water partition coefficient (Wildman–Crippen LogP) is 2.61. The standard InChI is InChI=1S/C25H27N3O3/c1-2-22(29)26-15-13-25(14-16-26,20-9-5-3-6-10-20)24(31)27-17-18-28(23(30)19-27)21-11-7-4-8-12-21/h2-12H,1,13-19H2. The molecule has 0 radical (unpaired) electrons. The highest BCUT2D eigenvalue weighted by Gasteiger charge is 2.46. The van der Waals surface area contributed by atoms with E-state index in [2.05, 4.69) is 6.58 Å². The molecule has 2 aromatic carbocycles. The molecule has 0 saturated carbocycles. The van der Waals surface area contributed by atoms with Gasteiger partial charge in [-0.2, -0.15) is 0 Å². The monoisotopic (exact) mass is 417 g/mol. The molecule has 0 spiro atoms. The average molecular weight is 418 g/mol. The molecular weight excluding hydrogens is 390 g/mol. The van der Waals surface area contributed by atoms with Crippen molar-refractivity contribution in [3.63, 3.8) is 0 Å². The first-order valence-electron chi connectivity index (χ1n) is 10.7. The second-order valence-electron chi connectivity index (χ2n) is 8.09. The summed E-state index contributed by atoms with van der Waals surface area (Å²) in [6.45, 7) is 5.58. The molecule has 0 atom stereocenters. The van der Waals surface area contributed by atoms with E-state index in [1.807, 2.05) is 60.7 Å². The molecule has 2 fully saturated rings. The minimum Gasteiger partial charge on any atom is -0.339 e. The zero-order valence-electron chi connectivity index (χ0n) is 17.6. The van der Waals surface area contributed by atoms with Gasteiger partial charge in [0, 0.05) is 31.9 Å². The molecule has 2 aliphatic rings. The zero-order valence-corrected chi connectivity index (χ0v) is 17.6. The number of piperazine rings is 1. The van der Waals surface area contributed by atoms with Gasteiger partial charge in [-0.05, 0) is 36.6 Å². The fourth-order valence-corrected chi connectivity index (χ4v) is 4.65. The predicted molar refractivity (Wildman–Crippen MR) is 120 cm³/mol. The molecule has 31 heavy (non-hydrogen) atoms. The normalized spacial score (nSPS) is 18.6. The Labute approximate surface area is 182 Å². The molecule has 3 amide bonds. The van der Waals surface area contributed by atoms with Crippen LogP contribution in [0.4, 0.5) is 5.69 Å². The van der Waals surface area contributed by atoms with Crippen molar-refractivity contribution in [1.29, 1.82) is 0 Å². The van der Waals surface area contributed by atoms with E-state index < -0.39 is 5.41 Å². The molecule has 0 bridgehead atoms. The summed E-state index contributed by atoms with van der Waals surface area (Å²) in [5.74, 6) is -0.209. The Morgan fingerprint density at radius 1 is 0.839 bits per heavy atom. The van der Waals surface area contributed by atoms with Crippen molar-refractivity contribution in [3.8, 4) is 0 Å². The van der Waals surface area contributed by atoms with Gasteiger partial charge in [0.1, 0.15) is 6.54 Å². The lowest BCUT2D eigenvalue weighted by molar-refractivity contribution is -0.145. The van der Waals surface area contributed by atoms with E-state index in [-0.39, 0.29) is 24.3 Å². The highest BCUT2D eigenvalue weighted by molar-refractivity contribution is 5.99. The van der Waals surface area contributed by atoms with E-state index in [1.54, 1.807) is 14.7 Å². The smallest absolute Gasteiger partial charge is 0.246 e. The number of likely N-dealkylation sites (tertiary alicyclic amines) is 1. The third kappa shape index (κ3) is 3.98. The number of benzene rings is 2. The highest BCUT2D eigenvalue weighted by Crippen LogP contribution is 2.38. The van der Waals surface area contributed by atoms with Crippen LogP contribution in [0, 0.1) is 0 Å². The lowest BCUT2D eigenvalue weighted by Crippen LogP contribution is -2.59. The van der Waals surface area contributed by atoms with E-state index in [4.69, 9.17) is 0 Å². The second-order valence-corrected chi connectivity index (χ2v) is 8.09. The third-order valence-corrected chi connectivity index (χ3v) is 6.41. The van der Waals surface area contributed by atoms with Crippen LogP contribution >= 0.6 is 0 Å². The molecule has 2 saturated heterocycles. The molecular formula is C25H27N3O3. The Bertz CT molecular complexity index is 966. The molecule has 2 heterocycles. The summed E-state index contributed by atoms with van der Waals surface area (Å²) in [5.41, 5.74) is 1.08. The molecule has 0 aromatic heterocycles. The molecule has 6 nitrogen and oxygen atoms in total. The summed E-state index contributed by atoms with van der Waals surface area (Å²) in [4.78, 5) is 44.0. The fraction of sp³-hybridized carbons (Fsp3) is 0.320. The van der Waals surface area contributed by atoms with Gasteiger partial charge in [-0.1, -0.05) is 55.1 Å². The number of carbonyl (C=O) groups excluding carboxylic acids is 3. The third-order valence-electron chi connectivity index (χ3n) is 6.41. The van der Waals surface area contributed by atoms with Crippen molar-refractivity contribution < 1.29 is 14.4 Å². The van der Waals surface area contributed by atoms with Crippen LogP contribution in [0.1, 0.15) is 18.4 Å². The van der Waals surface area contributed by atoms with Crippen LogP contribution in [0.5, 0.6) is 0 Å². The maximum Gasteiger partial charge on any atom is 0.246 e. The molecule has 0 aliphatic carbocycles. The zero-order chi connectivity index (χ0) is 21.8. The van der Waals surface area contributed by atoms with Gasteiger partial charge in [-0.15, -0.1) is 0 Å². The number of amides is 3. The number of anilines is 1. The van der Waals surface area contributed by atoms with Crippen LogP contribution in [0.2, 0.25) is 0 Å². The van der Waals surface area contributed by atoms with Gasteiger partial charge in [0.15, 0.2) is 0 Å². The number of hydrogen-bond donors (Lipinski definition) is 0. The number of rotatable bonds is 4. The van der Waals surface area contributed by atoms with Crippen molar-refractivity contribution in [2.45, 2.75) is 18.3 Å². The Hall–Kier alpha value is -3.41. The molecule has 0 unspecified atom stereocenters. The van der Waals surface area contributed by atoms with Crippen molar-refractivity contribution in [2.24, 2.45) is 0 Å². The SMILES string of the molecule is C=CC(=O)N1CCC(C(=O)N2CCN(c3ccccc3)C(=O)C2)(c2ccccc2)CC1. The number of piperidine rings is 1. The van der Waals surface area contributed by atoms with Crippen LogP contribution in [0.15, 0.2) is 73.3 Å². The molecule has 0 N–H and O–H groups in total. The van der Waals surface area contributed by atoms with E-state index in [1.165, 1.54) is 6.08 Å². The van der Waals surface area contributed by atoms with Gasteiger partial charge in [0.25, 0.3) is 0 Å². The van der Waals surface area contributed by atoms with Gasteiger partial charge < -0.3 is 14.7 Å². The van der Waals surface area contributed by atoms with Crippen LogP contribution in [-0.4, -0.2) is 60.2 Å². The first-order chi connectivity index (χ1) is 15.0. The number of carbonyl (C=O) groups is 3. The van der Waals surface area contributed by atoms with Crippen LogP contribution in [0.25, 0.3) is 0 Å². The lowest BCUT2D eigenvalue weighted by Gasteiger charge is -2.45. The Morgan fingerprint density at radius 2 is 1.45 bits per heavy atom. The average Bonchev–Trinajstić information content (AvgIpc) is 2.84. The largest absolute Gasteiger partial charge is 0.339 e. The number of para-hydroxylation sites is 1. The van der Waals surface area contributed by atoms with E-state index in [0.717, 1.165) is 11.3 Å². The van der Waals surface area contributed by atoms with Crippen molar-refractivity contribution >= 4 is 23.4 Å². The Kier molecular flexibility index (Phi) is 5.89. The first-order valence-corrected chi connectivity index (χ1v) is 10.7. The summed E-state index contributed by atoms with van der Waals surface area (Å²) in [7, 11) is 0. The van der Waals surface area contributed by atoms with E-state index in [0.29, 0.717) is 39.0 Å². The van der Waals surface area contributed by atoms with E-state index >= 15 is 0 Å². The van der Waals surface area contributed by atoms with Crippen LogP contribution in [0.3, 0.4) is 0 Å². The highest BCUT2D eigenvalue weighted by atomic mass is 16.2. The maximum atomic E-state index is 13.8. The molecule has 6 heteroatoms. The summed E-state index contributed by atoms with van der Waals surface area (Å²) in [6.07, 6.45) is 2.38. The van der Waals surface area contributed by atoms with Crippen molar-refractivity contribution in [2.75, 3.05) is 37.6 Å². The summed E-state index contributed by atoms with van der Waals surface area (Å²) >= 11 is 0. The molecule has 4 rings (SSSR count). The molecule has 2 aromatic rings. The Balaban J connectivity index is 1.56. The fourth-order valence-electron chi connectivity index (χ4n) is 4.65. The lowest BCUT2D eigenvalue weighted by atomic mass is 9.71. The van der Waals surface area contributed by atoms with Crippen LogP contribution in [-0.2, 0) is 19.8 Å². The number of nitrogens with zero attached hydrogens (tertiary/aromatic N) is 3. The quantitative estimate of drug-likeness (QED) is 0.719. The van der Waals surface area contributed by atoms with E-state index in [9.17, 15) is 14.4 Å². The topological polar surface area (TPSA) is 60.9 Å². The van der Waals surface area contributed by atoms with Crippen molar-refractivity contribution in [1.82, 2.24) is 9.80 Å². The van der Waals surface area contributed by atoms with Gasteiger partial charge in [-0.3, -0.25) is 14.4 Å². The maximum absolute atomic E-state index is 13.8. The van der Waals surface area contributed by atoms with Gasteiger partial charge in [0.05, 0.1) is 5.41 Å².